The average molecular weight is 391 g/mol. The fraction of sp³-hybridized carbons (Fsp3) is 0.273. The molecule has 7 heteroatoms. The first kappa shape index (κ1) is 20.3. The van der Waals surface area contributed by atoms with Gasteiger partial charge in [0.25, 0.3) is 5.91 Å². The number of carbonyl (C=O) groups is 2. The molecule has 2 heterocycles. The third-order valence-electron chi connectivity index (χ3n) is 4.50. The predicted molar refractivity (Wildman–Crippen MR) is 110 cm³/mol. The third-order valence-corrected chi connectivity index (χ3v) is 4.50. The van der Waals surface area contributed by atoms with Crippen molar-refractivity contribution in [3.8, 4) is 5.69 Å². The van der Waals surface area contributed by atoms with Crippen molar-refractivity contribution in [3.63, 3.8) is 0 Å². The molecule has 2 N–H and O–H groups in total. The fourth-order valence-corrected chi connectivity index (χ4v) is 2.74. The largest absolute Gasteiger partial charge is 0.352 e. The number of aromatic nitrogens is 3. The van der Waals surface area contributed by atoms with Gasteiger partial charge < -0.3 is 10.6 Å². The summed E-state index contributed by atoms with van der Waals surface area (Å²) in [4.78, 5) is 28.4. The van der Waals surface area contributed by atoms with E-state index in [2.05, 4.69) is 20.7 Å². The summed E-state index contributed by atoms with van der Waals surface area (Å²) >= 11 is 0. The third kappa shape index (κ3) is 5.28. The Morgan fingerprint density at radius 1 is 1.07 bits per heavy atom. The molecule has 0 radical (unpaired) electrons. The van der Waals surface area contributed by atoms with Crippen molar-refractivity contribution < 1.29 is 9.59 Å². The van der Waals surface area contributed by atoms with Gasteiger partial charge in [-0.15, -0.1) is 0 Å². The van der Waals surface area contributed by atoms with Crippen LogP contribution in [0.4, 0.5) is 0 Å². The zero-order valence-electron chi connectivity index (χ0n) is 16.8. The normalized spacial score (nSPS) is 11.9. The molecule has 0 bridgehead atoms. The van der Waals surface area contributed by atoms with Crippen LogP contribution in [0.3, 0.4) is 0 Å². The second kappa shape index (κ2) is 9.14. The average Bonchev–Trinajstić information content (AvgIpc) is 3.21. The van der Waals surface area contributed by atoms with Crippen molar-refractivity contribution in [2.24, 2.45) is 5.92 Å². The Kier molecular flexibility index (Phi) is 6.39. The number of hydrogen-bond acceptors (Lipinski definition) is 4. The van der Waals surface area contributed by atoms with E-state index in [4.69, 9.17) is 0 Å². The lowest BCUT2D eigenvalue weighted by molar-refractivity contribution is -0.124. The van der Waals surface area contributed by atoms with Crippen molar-refractivity contribution >= 4 is 11.8 Å². The summed E-state index contributed by atoms with van der Waals surface area (Å²) in [6.45, 7) is 6.04. The van der Waals surface area contributed by atoms with Crippen LogP contribution in [-0.2, 0) is 11.3 Å². The monoisotopic (exact) mass is 391 g/mol. The highest BCUT2D eigenvalue weighted by atomic mass is 16.2. The number of benzene rings is 1. The van der Waals surface area contributed by atoms with Crippen LogP contribution in [0.2, 0.25) is 0 Å². The Hall–Kier alpha value is -3.48. The quantitative estimate of drug-likeness (QED) is 0.648. The van der Waals surface area contributed by atoms with Crippen LogP contribution in [0, 0.1) is 5.92 Å². The molecular formula is C22H25N5O2. The van der Waals surface area contributed by atoms with Gasteiger partial charge in [-0.1, -0.05) is 19.9 Å². The zero-order chi connectivity index (χ0) is 20.8. The van der Waals surface area contributed by atoms with Gasteiger partial charge in [0, 0.05) is 36.0 Å². The van der Waals surface area contributed by atoms with E-state index >= 15 is 0 Å². The maximum atomic E-state index is 12.5. The summed E-state index contributed by atoms with van der Waals surface area (Å²) in [5.74, 6) is -0.204. The minimum absolute atomic E-state index is 0.00745. The Balaban J connectivity index is 1.61. The van der Waals surface area contributed by atoms with E-state index in [1.165, 1.54) is 0 Å². The van der Waals surface area contributed by atoms with Gasteiger partial charge in [-0.25, -0.2) is 4.68 Å². The van der Waals surface area contributed by atoms with Crippen molar-refractivity contribution in [2.45, 2.75) is 33.4 Å². The van der Waals surface area contributed by atoms with Gasteiger partial charge in [0.1, 0.15) is 0 Å². The second-order valence-corrected chi connectivity index (χ2v) is 7.16. The van der Waals surface area contributed by atoms with Crippen molar-refractivity contribution in [3.05, 3.63) is 77.9 Å². The molecule has 7 nitrogen and oxygen atoms in total. The maximum Gasteiger partial charge on any atom is 0.251 e. The number of nitrogens with one attached hydrogen (secondary N) is 2. The predicted octanol–water partition coefficient (Wildman–Crippen LogP) is 3.03. The van der Waals surface area contributed by atoms with E-state index < -0.39 is 0 Å². The Morgan fingerprint density at radius 2 is 1.83 bits per heavy atom. The van der Waals surface area contributed by atoms with Crippen molar-refractivity contribution in [2.75, 3.05) is 0 Å². The number of nitrogens with zero attached hydrogens (tertiary/aromatic N) is 3. The lowest BCUT2D eigenvalue weighted by atomic mass is 10.1. The minimum Gasteiger partial charge on any atom is -0.352 e. The van der Waals surface area contributed by atoms with E-state index in [0.717, 1.165) is 16.9 Å². The van der Waals surface area contributed by atoms with Crippen LogP contribution >= 0.6 is 0 Å². The molecule has 0 unspecified atom stereocenters. The van der Waals surface area contributed by atoms with E-state index in [1.54, 1.807) is 29.2 Å². The summed E-state index contributed by atoms with van der Waals surface area (Å²) < 4.78 is 1.72. The van der Waals surface area contributed by atoms with Gasteiger partial charge in [0.05, 0.1) is 23.6 Å². The van der Waals surface area contributed by atoms with E-state index in [9.17, 15) is 9.59 Å². The van der Waals surface area contributed by atoms with E-state index in [-0.39, 0.29) is 23.8 Å². The van der Waals surface area contributed by atoms with Gasteiger partial charge >= 0.3 is 0 Å². The smallest absolute Gasteiger partial charge is 0.251 e. The van der Waals surface area contributed by atoms with E-state index in [0.29, 0.717) is 12.1 Å². The van der Waals surface area contributed by atoms with Crippen LogP contribution in [0.25, 0.3) is 5.69 Å². The summed E-state index contributed by atoms with van der Waals surface area (Å²) in [5.41, 5.74) is 3.12. The fourth-order valence-electron chi connectivity index (χ4n) is 2.74. The lowest BCUT2D eigenvalue weighted by Gasteiger charge is -2.13. The van der Waals surface area contributed by atoms with Gasteiger partial charge in [-0.2, -0.15) is 5.10 Å². The summed E-state index contributed by atoms with van der Waals surface area (Å²) in [6, 6.07) is 12.6. The summed E-state index contributed by atoms with van der Waals surface area (Å²) in [7, 11) is 0. The maximum absolute atomic E-state index is 12.5. The Morgan fingerprint density at radius 3 is 2.48 bits per heavy atom. The molecule has 0 fully saturated rings. The van der Waals surface area contributed by atoms with E-state index in [1.807, 2.05) is 57.3 Å². The highest BCUT2D eigenvalue weighted by molar-refractivity contribution is 5.94. The van der Waals surface area contributed by atoms with Crippen LogP contribution in [0.15, 0.2) is 61.1 Å². The number of carbonyl (C=O) groups excluding carboxylic acids is 2. The standard InChI is InChI=1S/C22H25N5O2/c1-15(2)21(28)24-12-17-13-25-27(14-17)19-9-7-18(8-10-19)22(29)26-16(3)20-6-4-5-11-23-20/h4-11,13-16H,12H2,1-3H3,(H,24,28)(H,26,29)/t16-/m0/s1. The van der Waals surface area contributed by atoms with Crippen molar-refractivity contribution in [1.29, 1.82) is 0 Å². The molecule has 1 atom stereocenters. The molecular weight excluding hydrogens is 366 g/mol. The zero-order valence-corrected chi connectivity index (χ0v) is 16.8. The van der Waals surface area contributed by atoms with Crippen molar-refractivity contribution in [1.82, 2.24) is 25.4 Å². The van der Waals surface area contributed by atoms with Crippen LogP contribution in [0.5, 0.6) is 0 Å². The molecule has 0 saturated heterocycles. The number of hydrogen-bond donors (Lipinski definition) is 2. The molecule has 2 aromatic heterocycles. The number of amides is 2. The molecule has 3 rings (SSSR count). The summed E-state index contributed by atoms with van der Waals surface area (Å²) in [6.07, 6.45) is 5.29. The van der Waals surface area contributed by atoms with Crippen LogP contribution in [0.1, 0.15) is 48.4 Å². The highest BCUT2D eigenvalue weighted by Gasteiger charge is 2.12. The first-order valence-corrected chi connectivity index (χ1v) is 9.57. The molecule has 29 heavy (non-hydrogen) atoms. The molecule has 0 spiro atoms. The molecule has 150 valence electrons. The number of rotatable bonds is 7. The Bertz CT molecular complexity index is 964. The van der Waals surface area contributed by atoms with Gasteiger partial charge in [0.15, 0.2) is 0 Å². The van der Waals surface area contributed by atoms with Gasteiger partial charge in [0.2, 0.25) is 5.91 Å². The lowest BCUT2D eigenvalue weighted by Crippen LogP contribution is -2.27. The molecule has 2 amide bonds. The number of pyridine rings is 1. The summed E-state index contributed by atoms with van der Waals surface area (Å²) in [5, 5.41) is 10.1. The van der Waals surface area contributed by atoms with Crippen LogP contribution in [-0.4, -0.2) is 26.6 Å². The van der Waals surface area contributed by atoms with Crippen LogP contribution < -0.4 is 10.6 Å². The molecule has 1 aromatic carbocycles. The molecule has 0 saturated carbocycles. The second-order valence-electron chi connectivity index (χ2n) is 7.16. The van der Waals surface area contributed by atoms with Gasteiger partial charge in [-0.3, -0.25) is 14.6 Å². The molecule has 0 aliphatic heterocycles. The molecule has 0 aliphatic rings. The minimum atomic E-state index is -0.182. The highest BCUT2D eigenvalue weighted by Crippen LogP contribution is 2.13. The first-order chi connectivity index (χ1) is 13.9. The van der Waals surface area contributed by atoms with Gasteiger partial charge in [-0.05, 0) is 43.3 Å². The SMILES string of the molecule is CC(C)C(=O)NCc1cnn(-c2ccc(C(=O)N[C@@H](C)c3ccccn3)cc2)c1. The first-order valence-electron chi connectivity index (χ1n) is 9.57. The topological polar surface area (TPSA) is 88.9 Å². The Labute approximate surface area is 170 Å². The molecule has 0 aliphatic carbocycles. The molecule has 3 aromatic rings.